The highest BCUT2D eigenvalue weighted by Crippen LogP contribution is 2.26. The Kier molecular flexibility index (Phi) is 6.85. The smallest absolute Gasteiger partial charge is 0.0474 e. The monoisotopic (exact) mass is 351 g/mol. The zero-order chi connectivity index (χ0) is 15.4. The van der Waals surface area contributed by atoms with Crippen molar-refractivity contribution in [3.8, 4) is 0 Å². The molecule has 3 rings (SSSR count). The maximum atomic E-state index is 6.13. The molecule has 2 aromatic rings. The minimum atomic E-state index is 0. The van der Waals surface area contributed by atoms with Crippen molar-refractivity contribution >= 4 is 24.0 Å². The Morgan fingerprint density at radius 3 is 2.83 bits per heavy atom. The Labute approximate surface area is 149 Å². The largest absolute Gasteiger partial charge is 0.314 e. The Morgan fingerprint density at radius 2 is 2.09 bits per heavy atom. The second-order valence-corrected chi connectivity index (χ2v) is 6.39. The fraction of sp³-hybridized carbons (Fsp3) is 0.389. The molecule has 3 nitrogen and oxygen atoms in total. The molecular weight excluding hydrogens is 329 g/mol. The van der Waals surface area contributed by atoms with Gasteiger partial charge in [-0.05, 0) is 41.3 Å². The summed E-state index contributed by atoms with van der Waals surface area (Å²) in [4.78, 5) is 6.70. The van der Waals surface area contributed by atoms with Crippen LogP contribution in [0.25, 0.3) is 0 Å². The molecule has 1 saturated heterocycles. The van der Waals surface area contributed by atoms with Crippen molar-refractivity contribution in [3.63, 3.8) is 0 Å². The van der Waals surface area contributed by atoms with Crippen LogP contribution in [-0.4, -0.2) is 36.1 Å². The van der Waals surface area contributed by atoms with Gasteiger partial charge >= 0.3 is 0 Å². The number of nitrogens with zero attached hydrogens (tertiary/aromatic N) is 2. The highest BCUT2D eigenvalue weighted by molar-refractivity contribution is 6.30. The summed E-state index contributed by atoms with van der Waals surface area (Å²) in [6.07, 6.45) is 3.75. The van der Waals surface area contributed by atoms with Gasteiger partial charge in [-0.15, -0.1) is 12.4 Å². The van der Waals surface area contributed by atoms with Gasteiger partial charge in [0.15, 0.2) is 0 Å². The number of halogens is 2. The number of nitrogens with one attached hydrogen (secondary N) is 1. The highest BCUT2D eigenvalue weighted by atomic mass is 35.5. The first-order valence-electron chi connectivity index (χ1n) is 7.84. The van der Waals surface area contributed by atoms with E-state index < -0.39 is 0 Å². The summed E-state index contributed by atoms with van der Waals surface area (Å²) in [6, 6.07) is 12.9. The van der Waals surface area contributed by atoms with Crippen molar-refractivity contribution in [1.82, 2.24) is 15.2 Å². The fourth-order valence-electron chi connectivity index (χ4n) is 3.15. The summed E-state index contributed by atoms with van der Waals surface area (Å²) in [5, 5.41) is 4.32. The van der Waals surface area contributed by atoms with E-state index in [1.807, 2.05) is 24.5 Å². The van der Waals surface area contributed by atoms with Crippen LogP contribution in [-0.2, 0) is 0 Å². The minimum Gasteiger partial charge on any atom is -0.314 e. The molecule has 0 saturated carbocycles. The number of hydrogen-bond acceptors (Lipinski definition) is 3. The Balaban J connectivity index is 0.00000192. The van der Waals surface area contributed by atoms with E-state index in [2.05, 4.69) is 46.4 Å². The zero-order valence-electron chi connectivity index (χ0n) is 13.3. The predicted molar refractivity (Wildman–Crippen MR) is 98.5 cm³/mol. The number of rotatable bonds is 4. The summed E-state index contributed by atoms with van der Waals surface area (Å²) in [5.74, 6) is 0.459. The predicted octanol–water partition coefficient (Wildman–Crippen LogP) is 3.91. The lowest BCUT2D eigenvalue weighted by molar-refractivity contribution is 0.154. The van der Waals surface area contributed by atoms with Gasteiger partial charge in [-0.25, -0.2) is 0 Å². The average Bonchev–Trinajstić information content (AvgIpc) is 2.56. The van der Waals surface area contributed by atoms with Gasteiger partial charge in [-0.1, -0.05) is 30.7 Å². The van der Waals surface area contributed by atoms with Crippen molar-refractivity contribution in [2.75, 3.05) is 26.2 Å². The molecule has 5 heteroatoms. The van der Waals surface area contributed by atoms with Gasteiger partial charge in [0, 0.05) is 49.6 Å². The summed E-state index contributed by atoms with van der Waals surface area (Å²) >= 11 is 6.13. The Hall–Kier alpha value is -1.13. The maximum Gasteiger partial charge on any atom is 0.0474 e. The molecule has 1 aliphatic rings. The Bertz CT molecular complexity index is 606. The first-order valence-corrected chi connectivity index (χ1v) is 8.22. The third-order valence-electron chi connectivity index (χ3n) is 4.37. The van der Waals surface area contributed by atoms with Gasteiger partial charge in [0.05, 0.1) is 0 Å². The van der Waals surface area contributed by atoms with Crippen molar-refractivity contribution in [1.29, 1.82) is 0 Å². The summed E-state index contributed by atoms with van der Waals surface area (Å²) in [7, 11) is 0. The number of hydrogen-bond donors (Lipinski definition) is 1. The quantitative estimate of drug-likeness (QED) is 0.904. The van der Waals surface area contributed by atoms with Crippen LogP contribution < -0.4 is 5.32 Å². The second kappa shape index (κ2) is 8.65. The summed E-state index contributed by atoms with van der Waals surface area (Å²) < 4.78 is 0. The van der Waals surface area contributed by atoms with E-state index in [9.17, 15) is 0 Å². The number of piperazine rings is 1. The number of pyridine rings is 1. The van der Waals surface area contributed by atoms with E-state index in [1.165, 1.54) is 11.1 Å². The molecule has 1 aromatic heterocycles. The Morgan fingerprint density at radius 1 is 1.30 bits per heavy atom. The van der Waals surface area contributed by atoms with E-state index in [0.29, 0.717) is 12.0 Å². The molecule has 0 aliphatic carbocycles. The molecule has 2 heterocycles. The molecule has 0 spiro atoms. The van der Waals surface area contributed by atoms with Crippen LogP contribution in [0.1, 0.15) is 30.0 Å². The highest BCUT2D eigenvalue weighted by Gasteiger charge is 2.25. The van der Waals surface area contributed by atoms with Gasteiger partial charge in [0.25, 0.3) is 0 Å². The van der Waals surface area contributed by atoms with Gasteiger partial charge < -0.3 is 5.32 Å². The van der Waals surface area contributed by atoms with Gasteiger partial charge in [-0.2, -0.15) is 0 Å². The van der Waals surface area contributed by atoms with Crippen LogP contribution in [0.5, 0.6) is 0 Å². The molecule has 0 amide bonds. The van der Waals surface area contributed by atoms with E-state index in [4.69, 9.17) is 11.6 Å². The first kappa shape index (κ1) is 18.2. The molecule has 1 aromatic carbocycles. The fourth-order valence-corrected chi connectivity index (χ4v) is 3.35. The van der Waals surface area contributed by atoms with Crippen LogP contribution in [0, 0.1) is 0 Å². The maximum absolute atomic E-state index is 6.13. The van der Waals surface area contributed by atoms with Crippen molar-refractivity contribution in [2.24, 2.45) is 0 Å². The van der Waals surface area contributed by atoms with E-state index >= 15 is 0 Å². The van der Waals surface area contributed by atoms with E-state index in [0.717, 1.165) is 31.2 Å². The molecule has 1 aliphatic heterocycles. The van der Waals surface area contributed by atoms with Gasteiger partial charge in [0.1, 0.15) is 0 Å². The third kappa shape index (κ3) is 4.67. The molecule has 2 unspecified atom stereocenters. The van der Waals surface area contributed by atoms with Crippen LogP contribution in [0.15, 0.2) is 48.8 Å². The average molecular weight is 352 g/mol. The molecule has 0 radical (unpaired) electrons. The lowest BCUT2D eigenvalue weighted by Gasteiger charge is -2.38. The van der Waals surface area contributed by atoms with Crippen molar-refractivity contribution in [3.05, 3.63) is 64.9 Å². The standard InChI is InChI=1S/C18H22ClN3.ClH/c1-14(16-3-2-4-17(19)11-16)13-22-10-9-21-12-18(22)15-5-7-20-8-6-15;/h2-8,11,14,18,21H,9-10,12-13H2,1H3;1H. The SMILES string of the molecule is CC(CN1CCNCC1c1ccncc1)c1cccc(Cl)c1.Cl. The molecule has 23 heavy (non-hydrogen) atoms. The molecule has 124 valence electrons. The zero-order valence-corrected chi connectivity index (χ0v) is 14.9. The lowest BCUT2D eigenvalue weighted by Crippen LogP contribution is -2.47. The molecule has 1 N–H and O–H groups in total. The van der Waals surface area contributed by atoms with Gasteiger partial charge in [-0.3, -0.25) is 9.88 Å². The van der Waals surface area contributed by atoms with Crippen LogP contribution >= 0.6 is 24.0 Å². The second-order valence-electron chi connectivity index (χ2n) is 5.95. The van der Waals surface area contributed by atoms with Crippen LogP contribution in [0.2, 0.25) is 5.02 Å². The van der Waals surface area contributed by atoms with Crippen LogP contribution in [0.4, 0.5) is 0 Å². The normalized spacial score (nSPS) is 19.8. The first-order chi connectivity index (χ1) is 10.7. The summed E-state index contributed by atoms with van der Waals surface area (Å²) in [6.45, 7) is 6.42. The molecular formula is C18H23Cl2N3. The van der Waals surface area contributed by atoms with E-state index in [-0.39, 0.29) is 12.4 Å². The summed E-state index contributed by atoms with van der Waals surface area (Å²) in [5.41, 5.74) is 2.64. The van der Waals surface area contributed by atoms with Crippen molar-refractivity contribution < 1.29 is 0 Å². The number of benzene rings is 1. The molecule has 2 atom stereocenters. The van der Waals surface area contributed by atoms with E-state index in [1.54, 1.807) is 0 Å². The van der Waals surface area contributed by atoms with Crippen molar-refractivity contribution in [2.45, 2.75) is 18.9 Å². The molecule has 1 fully saturated rings. The topological polar surface area (TPSA) is 28.2 Å². The lowest BCUT2D eigenvalue weighted by atomic mass is 9.97. The van der Waals surface area contributed by atoms with Gasteiger partial charge in [0.2, 0.25) is 0 Å². The van der Waals surface area contributed by atoms with Crippen LogP contribution in [0.3, 0.4) is 0 Å². The number of aromatic nitrogens is 1. The molecule has 0 bridgehead atoms. The third-order valence-corrected chi connectivity index (χ3v) is 4.61. The minimum absolute atomic E-state index is 0.